The van der Waals surface area contributed by atoms with Gasteiger partial charge in [-0.2, -0.15) is 0 Å². The minimum Gasteiger partial charge on any atom is -0.384 e. The van der Waals surface area contributed by atoms with E-state index < -0.39 is 4.92 Å². The molecule has 100 valence electrons. The molecule has 0 saturated carbocycles. The van der Waals surface area contributed by atoms with Crippen LogP contribution in [0.4, 0.5) is 11.4 Å². The summed E-state index contributed by atoms with van der Waals surface area (Å²) >= 11 is 5.96. The van der Waals surface area contributed by atoms with Crippen molar-refractivity contribution in [1.82, 2.24) is 15.0 Å². The molecule has 2 rings (SSSR count). The topological polar surface area (TPSA) is 85.9 Å². The number of nitro benzene ring substituents is 1. The Labute approximate surface area is 114 Å². The zero-order chi connectivity index (χ0) is 13.7. The van der Waals surface area contributed by atoms with Crippen molar-refractivity contribution in [3.8, 4) is 0 Å². The second-order valence-corrected chi connectivity index (χ2v) is 4.27. The molecule has 0 radical (unpaired) electrons. The van der Waals surface area contributed by atoms with Crippen molar-refractivity contribution in [3.63, 3.8) is 0 Å². The fourth-order valence-electron chi connectivity index (χ4n) is 1.58. The van der Waals surface area contributed by atoms with Crippen LogP contribution in [0.25, 0.3) is 0 Å². The van der Waals surface area contributed by atoms with Gasteiger partial charge < -0.3 is 5.32 Å². The highest BCUT2D eigenvalue weighted by Crippen LogP contribution is 2.26. The van der Waals surface area contributed by atoms with Gasteiger partial charge in [-0.25, -0.2) is 0 Å². The monoisotopic (exact) mass is 281 g/mol. The molecular formula is C11H12ClN5O2. The number of aromatic nitrogens is 3. The first-order chi connectivity index (χ1) is 9.16. The Balaban J connectivity index is 1.84. The molecule has 1 aromatic heterocycles. The van der Waals surface area contributed by atoms with Crippen molar-refractivity contribution < 1.29 is 4.92 Å². The zero-order valence-electron chi connectivity index (χ0n) is 9.99. The number of anilines is 1. The van der Waals surface area contributed by atoms with Crippen LogP contribution in [0, 0.1) is 10.1 Å². The first-order valence-electron chi connectivity index (χ1n) is 5.69. The quantitative estimate of drug-likeness (QED) is 0.499. The van der Waals surface area contributed by atoms with Gasteiger partial charge in [0.15, 0.2) is 0 Å². The fraction of sp³-hybridized carbons (Fsp3) is 0.273. The molecular weight excluding hydrogens is 270 g/mol. The lowest BCUT2D eigenvalue weighted by atomic mass is 10.2. The predicted octanol–water partition coefficient (Wildman–Crippen LogP) is 2.34. The first kappa shape index (κ1) is 13.3. The number of nitrogens with zero attached hydrogens (tertiary/aromatic N) is 4. The van der Waals surface area contributed by atoms with E-state index in [2.05, 4.69) is 15.6 Å². The van der Waals surface area contributed by atoms with Crippen LogP contribution in [0.15, 0.2) is 30.6 Å². The van der Waals surface area contributed by atoms with Gasteiger partial charge in [0.1, 0.15) is 0 Å². The molecule has 1 N–H and O–H groups in total. The maximum absolute atomic E-state index is 10.6. The molecule has 0 amide bonds. The average Bonchev–Trinajstić information content (AvgIpc) is 2.89. The highest BCUT2D eigenvalue weighted by atomic mass is 35.5. The second-order valence-electron chi connectivity index (χ2n) is 3.87. The molecule has 0 aliphatic heterocycles. The van der Waals surface area contributed by atoms with E-state index >= 15 is 0 Å². The first-order valence-corrected chi connectivity index (χ1v) is 6.06. The van der Waals surface area contributed by atoms with Gasteiger partial charge in [0, 0.05) is 31.4 Å². The number of halogens is 1. The molecule has 1 aromatic carbocycles. The number of nitro groups is 1. The number of benzene rings is 1. The van der Waals surface area contributed by atoms with Crippen LogP contribution in [0.3, 0.4) is 0 Å². The molecule has 8 heteroatoms. The lowest BCUT2D eigenvalue weighted by Crippen LogP contribution is -2.07. The van der Waals surface area contributed by atoms with Crippen LogP contribution in [-0.4, -0.2) is 26.5 Å². The maximum Gasteiger partial charge on any atom is 0.271 e. The highest BCUT2D eigenvalue weighted by Gasteiger charge is 2.08. The summed E-state index contributed by atoms with van der Waals surface area (Å²) in [5.74, 6) is 0. The van der Waals surface area contributed by atoms with Gasteiger partial charge >= 0.3 is 0 Å². The van der Waals surface area contributed by atoms with Crippen molar-refractivity contribution in [3.05, 3.63) is 45.7 Å². The molecule has 0 spiro atoms. The van der Waals surface area contributed by atoms with Gasteiger partial charge in [-0.05, 0) is 12.5 Å². The van der Waals surface area contributed by atoms with Crippen molar-refractivity contribution in [2.24, 2.45) is 0 Å². The number of non-ortho nitro benzene ring substituents is 1. The molecule has 7 nitrogen and oxygen atoms in total. The number of hydrogen-bond donors (Lipinski definition) is 1. The molecule has 0 atom stereocenters. The molecule has 0 fully saturated rings. The molecule has 1 heterocycles. The summed E-state index contributed by atoms with van der Waals surface area (Å²) in [7, 11) is 0. The lowest BCUT2D eigenvalue weighted by molar-refractivity contribution is -0.384. The summed E-state index contributed by atoms with van der Waals surface area (Å²) < 4.78 is 1.74. The van der Waals surface area contributed by atoms with Gasteiger partial charge in [-0.3, -0.25) is 14.8 Å². The summed E-state index contributed by atoms with van der Waals surface area (Å²) in [6, 6.07) is 4.36. The van der Waals surface area contributed by atoms with Crippen LogP contribution in [0.1, 0.15) is 6.42 Å². The summed E-state index contributed by atoms with van der Waals surface area (Å²) in [5, 5.41) is 21.6. The third-order valence-electron chi connectivity index (χ3n) is 2.51. The van der Waals surface area contributed by atoms with Crippen LogP contribution in [0.2, 0.25) is 5.02 Å². The SMILES string of the molecule is O=[N+]([O-])c1ccc(NCCCn2ccnn2)c(Cl)c1. The van der Waals surface area contributed by atoms with E-state index in [9.17, 15) is 10.1 Å². The Bertz CT molecular complexity index is 558. The third-order valence-corrected chi connectivity index (χ3v) is 2.83. The Kier molecular flexibility index (Phi) is 4.30. The van der Waals surface area contributed by atoms with Gasteiger partial charge in [0.2, 0.25) is 0 Å². The second kappa shape index (κ2) is 6.14. The highest BCUT2D eigenvalue weighted by molar-refractivity contribution is 6.33. The van der Waals surface area contributed by atoms with Gasteiger partial charge in [-0.1, -0.05) is 16.8 Å². The van der Waals surface area contributed by atoms with Crippen molar-refractivity contribution in [2.75, 3.05) is 11.9 Å². The van der Waals surface area contributed by atoms with E-state index in [0.717, 1.165) is 13.0 Å². The molecule has 0 saturated heterocycles. The van der Waals surface area contributed by atoms with E-state index in [0.29, 0.717) is 17.3 Å². The fourth-order valence-corrected chi connectivity index (χ4v) is 1.82. The maximum atomic E-state index is 10.6. The standard InChI is InChI=1S/C11H12ClN5O2/c12-10-8-9(17(18)19)2-3-11(10)13-4-1-6-16-7-5-14-15-16/h2-3,5,7-8,13H,1,4,6H2. The third kappa shape index (κ3) is 3.65. The Morgan fingerprint density at radius 3 is 2.95 bits per heavy atom. The zero-order valence-corrected chi connectivity index (χ0v) is 10.7. The van der Waals surface area contributed by atoms with E-state index in [4.69, 9.17) is 11.6 Å². The molecule has 0 aliphatic rings. The Morgan fingerprint density at radius 2 is 2.32 bits per heavy atom. The Morgan fingerprint density at radius 1 is 1.47 bits per heavy atom. The molecule has 0 aliphatic carbocycles. The Hall–Kier alpha value is -2.15. The summed E-state index contributed by atoms with van der Waals surface area (Å²) in [6.07, 6.45) is 4.26. The van der Waals surface area contributed by atoms with Crippen molar-refractivity contribution in [2.45, 2.75) is 13.0 Å². The van der Waals surface area contributed by atoms with Crippen LogP contribution in [0.5, 0.6) is 0 Å². The summed E-state index contributed by atoms with van der Waals surface area (Å²) in [6.45, 7) is 1.44. The van der Waals surface area contributed by atoms with Crippen LogP contribution in [-0.2, 0) is 6.54 Å². The van der Waals surface area contributed by atoms with Crippen LogP contribution < -0.4 is 5.32 Å². The largest absolute Gasteiger partial charge is 0.384 e. The number of aryl methyl sites for hydroxylation is 1. The smallest absolute Gasteiger partial charge is 0.271 e. The minimum absolute atomic E-state index is 0.0156. The van der Waals surface area contributed by atoms with Gasteiger partial charge in [-0.15, -0.1) is 5.10 Å². The van der Waals surface area contributed by atoms with E-state index in [1.54, 1.807) is 23.1 Å². The molecule has 2 aromatic rings. The van der Waals surface area contributed by atoms with E-state index in [-0.39, 0.29) is 5.69 Å². The molecule has 0 bridgehead atoms. The summed E-state index contributed by atoms with van der Waals surface area (Å²) in [5.41, 5.74) is 0.670. The van der Waals surface area contributed by atoms with Gasteiger partial charge in [0.25, 0.3) is 5.69 Å². The molecule has 0 unspecified atom stereocenters. The van der Waals surface area contributed by atoms with Crippen LogP contribution >= 0.6 is 11.6 Å². The van der Waals surface area contributed by atoms with Crippen molar-refractivity contribution >= 4 is 23.0 Å². The number of hydrogen-bond acceptors (Lipinski definition) is 5. The predicted molar refractivity (Wildman–Crippen MR) is 71.2 cm³/mol. The minimum atomic E-state index is -0.472. The van der Waals surface area contributed by atoms with Gasteiger partial charge in [0.05, 0.1) is 21.8 Å². The number of nitrogens with one attached hydrogen (secondary N) is 1. The number of rotatable bonds is 6. The average molecular weight is 282 g/mol. The van der Waals surface area contributed by atoms with E-state index in [1.807, 2.05) is 0 Å². The normalized spacial score (nSPS) is 10.4. The molecule has 19 heavy (non-hydrogen) atoms. The lowest BCUT2D eigenvalue weighted by Gasteiger charge is -2.07. The summed E-state index contributed by atoms with van der Waals surface area (Å²) in [4.78, 5) is 10.1. The van der Waals surface area contributed by atoms with Crippen molar-refractivity contribution in [1.29, 1.82) is 0 Å². The van der Waals surface area contributed by atoms with E-state index in [1.165, 1.54) is 12.1 Å².